The second-order valence-electron chi connectivity index (χ2n) is 6.10. The van der Waals surface area contributed by atoms with Gasteiger partial charge in [0.15, 0.2) is 5.76 Å². The van der Waals surface area contributed by atoms with E-state index in [-0.39, 0.29) is 22.6 Å². The van der Waals surface area contributed by atoms with Crippen LogP contribution in [0.4, 0.5) is 14.5 Å². The summed E-state index contributed by atoms with van der Waals surface area (Å²) in [5, 5.41) is 3.23. The maximum absolute atomic E-state index is 13.2. The van der Waals surface area contributed by atoms with Gasteiger partial charge < -0.3 is 9.73 Å². The van der Waals surface area contributed by atoms with Crippen molar-refractivity contribution in [1.29, 1.82) is 0 Å². The molecule has 3 aromatic carbocycles. The molecule has 1 N–H and O–H groups in total. The van der Waals surface area contributed by atoms with Crippen LogP contribution in [0.2, 0.25) is 0 Å². The van der Waals surface area contributed by atoms with E-state index in [1.807, 2.05) is 0 Å². The molecule has 1 heterocycles. The van der Waals surface area contributed by atoms with Crippen molar-refractivity contribution < 1.29 is 22.8 Å². The van der Waals surface area contributed by atoms with Crippen molar-refractivity contribution in [3.8, 4) is 0 Å². The fraction of sp³-hybridized carbons (Fsp3) is 0. The van der Waals surface area contributed by atoms with E-state index in [1.54, 1.807) is 24.3 Å². The molecule has 0 atom stereocenters. The lowest BCUT2D eigenvalue weighted by molar-refractivity contribution is 0.101. The maximum atomic E-state index is 13.2. The molecule has 0 saturated carbocycles. The van der Waals surface area contributed by atoms with Crippen LogP contribution in [0.5, 0.6) is 0 Å². The van der Waals surface area contributed by atoms with Gasteiger partial charge in [-0.05, 0) is 60.7 Å². The number of nitrogens with one attached hydrogen (secondary N) is 1. The Morgan fingerprint density at radius 3 is 1.96 bits per heavy atom. The van der Waals surface area contributed by atoms with Gasteiger partial charge >= 0.3 is 0 Å². The lowest BCUT2D eigenvalue weighted by Crippen LogP contribution is -2.14. The number of ketones is 1. The summed E-state index contributed by atoms with van der Waals surface area (Å²) < 4.78 is 32.0. The summed E-state index contributed by atoms with van der Waals surface area (Å²) in [6.45, 7) is 0. The van der Waals surface area contributed by atoms with E-state index in [4.69, 9.17) is 4.42 Å². The number of anilines is 1. The van der Waals surface area contributed by atoms with Crippen LogP contribution in [0.3, 0.4) is 0 Å². The lowest BCUT2D eigenvalue weighted by Gasteiger charge is -2.06. The van der Waals surface area contributed by atoms with Crippen molar-refractivity contribution in [1.82, 2.24) is 0 Å². The third-order valence-corrected chi connectivity index (χ3v) is 4.25. The number of furan rings is 1. The number of para-hydroxylation sites is 1. The Bertz CT molecular complexity index is 1180. The quantitative estimate of drug-likeness (QED) is 0.498. The van der Waals surface area contributed by atoms with Gasteiger partial charge in [-0.25, -0.2) is 8.78 Å². The zero-order valence-corrected chi connectivity index (χ0v) is 14.4. The third-order valence-electron chi connectivity index (χ3n) is 4.25. The van der Waals surface area contributed by atoms with E-state index >= 15 is 0 Å². The Morgan fingerprint density at radius 1 is 0.750 bits per heavy atom. The summed E-state index contributed by atoms with van der Waals surface area (Å²) in [4.78, 5) is 25.5. The first kappa shape index (κ1) is 17.6. The Morgan fingerprint density at radius 2 is 1.32 bits per heavy atom. The van der Waals surface area contributed by atoms with Crippen molar-refractivity contribution >= 4 is 28.3 Å². The molecular formula is C22H13F2NO3. The number of benzene rings is 3. The first-order valence-corrected chi connectivity index (χ1v) is 8.41. The number of fused-ring (bicyclic) bond motifs is 1. The van der Waals surface area contributed by atoms with Gasteiger partial charge in [-0.15, -0.1) is 0 Å². The molecule has 138 valence electrons. The van der Waals surface area contributed by atoms with Crippen LogP contribution >= 0.6 is 0 Å². The predicted molar refractivity (Wildman–Crippen MR) is 100 cm³/mol. The van der Waals surface area contributed by atoms with Crippen LogP contribution in [-0.4, -0.2) is 11.7 Å². The molecule has 6 heteroatoms. The number of carbonyl (C=O) groups is 2. The van der Waals surface area contributed by atoms with E-state index in [0.717, 1.165) is 0 Å². The average molecular weight is 377 g/mol. The van der Waals surface area contributed by atoms with E-state index < -0.39 is 23.3 Å². The van der Waals surface area contributed by atoms with Crippen molar-refractivity contribution in [2.45, 2.75) is 0 Å². The highest BCUT2D eigenvalue weighted by Crippen LogP contribution is 2.33. The summed E-state index contributed by atoms with van der Waals surface area (Å²) in [7, 11) is 0. The standard InChI is InChI=1S/C22H13F2NO3/c23-15-9-5-13(6-10-15)20(26)21-19(17-3-1-2-4-18(17)28-21)25-22(27)14-7-11-16(24)12-8-14/h1-12H,(H,25,27). The first-order chi connectivity index (χ1) is 13.5. The number of carbonyl (C=O) groups excluding carboxylic acids is 2. The monoisotopic (exact) mass is 377 g/mol. The van der Waals surface area contributed by atoms with E-state index in [1.165, 1.54) is 48.5 Å². The minimum absolute atomic E-state index is 0.0664. The predicted octanol–water partition coefficient (Wildman–Crippen LogP) is 5.19. The Hall–Kier alpha value is -3.80. The highest BCUT2D eigenvalue weighted by atomic mass is 19.1. The molecule has 4 nitrogen and oxygen atoms in total. The molecule has 0 unspecified atom stereocenters. The first-order valence-electron chi connectivity index (χ1n) is 8.41. The second-order valence-corrected chi connectivity index (χ2v) is 6.10. The summed E-state index contributed by atoms with van der Waals surface area (Å²) in [5.41, 5.74) is 1.08. The molecule has 0 aliphatic carbocycles. The summed E-state index contributed by atoms with van der Waals surface area (Å²) in [5.74, 6) is -2.00. The van der Waals surface area contributed by atoms with Crippen LogP contribution in [0.25, 0.3) is 11.0 Å². The fourth-order valence-corrected chi connectivity index (χ4v) is 2.85. The molecule has 0 aliphatic rings. The number of hydrogen-bond donors (Lipinski definition) is 1. The molecule has 4 aromatic rings. The molecular weight excluding hydrogens is 364 g/mol. The fourth-order valence-electron chi connectivity index (χ4n) is 2.85. The molecule has 0 saturated heterocycles. The van der Waals surface area contributed by atoms with Crippen LogP contribution in [-0.2, 0) is 0 Å². The zero-order valence-electron chi connectivity index (χ0n) is 14.4. The van der Waals surface area contributed by atoms with Gasteiger partial charge in [0.05, 0.1) is 5.69 Å². The van der Waals surface area contributed by atoms with Crippen molar-refractivity contribution in [3.63, 3.8) is 0 Å². The largest absolute Gasteiger partial charge is 0.450 e. The second kappa shape index (κ2) is 7.08. The Balaban J connectivity index is 1.77. The Kier molecular flexibility index (Phi) is 4.45. The average Bonchev–Trinajstić information content (AvgIpc) is 3.07. The SMILES string of the molecule is O=C(Nc1c(C(=O)c2ccc(F)cc2)oc2ccccc12)c1ccc(F)cc1. The molecule has 0 fully saturated rings. The van der Waals surface area contributed by atoms with E-state index in [0.29, 0.717) is 11.0 Å². The normalized spacial score (nSPS) is 10.8. The van der Waals surface area contributed by atoms with Gasteiger partial charge in [-0.1, -0.05) is 12.1 Å². The van der Waals surface area contributed by atoms with Gasteiger partial charge in [0.2, 0.25) is 5.78 Å². The van der Waals surface area contributed by atoms with Gasteiger partial charge in [0, 0.05) is 16.5 Å². The van der Waals surface area contributed by atoms with Gasteiger partial charge in [0.25, 0.3) is 5.91 Å². The summed E-state index contributed by atoms with van der Waals surface area (Å²) >= 11 is 0. The van der Waals surface area contributed by atoms with Gasteiger partial charge in [-0.3, -0.25) is 9.59 Å². The molecule has 1 aromatic heterocycles. The number of amides is 1. The molecule has 4 rings (SSSR count). The number of hydrogen-bond acceptors (Lipinski definition) is 3. The van der Waals surface area contributed by atoms with Gasteiger partial charge in [0.1, 0.15) is 17.2 Å². The van der Waals surface area contributed by atoms with Crippen LogP contribution < -0.4 is 5.32 Å². The Labute approximate surface area is 158 Å². The summed E-state index contributed by atoms with van der Waals surface area (Å²) in [6.07, 6.45) is 0. The topological polar surface area (TPSA) is 59.3 Å². The summed E-state index contributed by atoms with van der Waals surface area (Å²) in [6, 6.07) is 16.9. The molecule has 1 amide bonds. The number of rotatable bonds is 4. The van der Waals surface area contributed by atoms with Gasteiger partial charge in [-0.2, -0.15) is 0 Å². The number of halogens is 2. The van der Waals surface area contributed by atoms with E-state index in [2.05, 4.69) is 5.32 Å². The van der Waals surface area contributed by atoms with Crippen molar-refractivity contribution in [3.05, 3.63) is 101 Å². The van der Waals surface area contributed by atoms with Crippen LogP contribution in [0, 0.1) is 11.6 Å². The third kappa shape index (κ3) is 3.27. The molecule has 0 aliphatic heterocycles. The maximum Gasteiger partial charge on any atom is 0.255 e. The lowest BCUT2D eigenvalue weighted by atomic mass is 10.1. The van der Waals surface area contributed by atoms with Crippen molar-refractivity contribution in [2.75, 3.05) is 5.32 Å². The minimum Gasteiger partial charge on any atom is -0.450 e. The zero-order chi connectivity index (χ0) is 19.7. The van der Waals surface area contributed by atoms with Crippen molar-refractivity contribution in [2.24, 2.45) is 0 Å². The van der Waals surface area contributed by atoms with Crippen LogP contribution in [0.1, 0.15) is 26.5 Å². The molecule has 0 bridgehead atoms. The highest BCUT2D eigenvalue weighted by Gasteiger charge is 2.23. The smallest absolute Gasteiger partial charge is 0.255 e. The molecule has 28 heavy (non-hydrogen) atoms. The molecule has 0 radical (unpaired) electrons. The highest BCUT2D eigenvalue weighted by molar-refractivity contribution is 6.18. The molecule has 0 spiro atoms. The van der Waals surface area contributed by atoms with E-state index in [9.17, 15) is 18.4 Å². The minimum atomic E-state index is -0.514. The van der Waals surface area contributed by atoms with Crippen LogP contribution in [0.15, 0.2) is 77.2 Å².